The predicted octanol–water partition coefficient (Wildman–Crippen LogP) is 4.31. The third-order valence-electron chi connectivity index (χ3n) is 2.81. The Hall–Kier alpha value is -2.36. The summed E-state index contributed by atoms with van der Waals surface area (Å²) in [4.78, 5) is 21.2. The maximum atomic E-state index is 10.6. The van der Waals surface area contributed by atoms with Crippen LogP contribution in [-0.2, 0) is 0 Å². The standard InChI is InChI=1S/C9H8O4.C8H14/c1-5-6(8(10)11)3-2-4-7(5)9(12)13;1-3-5-7-8-6-4-2/h2-4H,1H3,(H,10,11)(H,12,13);3-4,6H,1,5,7-8H2,2H3. The molecule has 0 spiro atoms. The lowest BCUT2D eigenvalue weighted by Crippen LogP contribution is -2.06. The van der Waals surface area contributed by atoms with Gasteiger partial charge in [0.15, 0.2) is 0 Å². The molecule has 0 radical (unpaired) electrons. The molecule has 1 aromatic rings. The third kappa shape index (κ3) is 7.11. The van der Waals surface area contributed by atoms with E-state index in [0.717, 1.165) is 6.42 Å². The van der Waals surface area contributed by atoms with Crippen molar-refractivity contribution in [2.45, 2.75) is 33.1 Å². The van der Waals surface area contributed by atoms with Crippen LogP contribution in [0.25, 0.3) is 0 Å². The minimum atomic E-state index is -1.11. The molecule has 0 aliphatic rings. The largest absolute Gasteiger partial charge is 0.478 e. The second kappa shape index (κ2) is 10.4. The molecule has 0 unspecified atom stereocenters. The highest BCUT2D eigenvalue weighted by molar-refractivity contribution is 5.96. The van der Waals surface area contributed by atoms with Crippen LogP contribution in [0.2, 0.25) is 0 Å². The van der Waals surface area contributed by atoms with Gasteiger partial charge in [-0.1, -0.05) is 24.3 Å². The molecule has 21 heavy (non-hydrogen) atoms. The molecule has 0 amide bonds. The van der Waals surface area contributed by atoms with Gasteiger partial charge in [0.2, 0.25) is 0 Å². The molecule has 114 valence electrons. The van der Waals surface area contributed by atoms with E-state index in [9.17, 15) is 9.59 Å². The van der Waals surface area contributed by atoms with Gasteiger partial charge in [-0.15, -0.1) is 6.58 Å². The van der Waals surface area contributed by atoms with Crippen molar-refractivity contribution in [2.75, 3.05) is 0 Å². The van der Waals surface area contributed by atoms with E-state index in [-0.39, 0.29) is 16.7 Å². The highest BCUT2D eigenvalue weighted by Crippen LogP contribution is 2.13. The van der Waals surface area contributed by atoms with E-state index >= 15 is 0 Å². The van der Waals surface area contributed by atoms with Gasteiger partial charge in [0.1, 0.15) is 0 Å². The molecule has 0 heterocycles. The Morgan fingerprint density at radius 1 is 1.14 bits per heavy atom. The van der Waals surface area contributed by atoms with Crippen molar-refractivity contribution in [3.63, 3.8) is 0 Å². The molecule has 1 aromatic carbocycles. The molecule has 0 fully saturated rings. The minimum Gasteiger partial charge on any atom is -0.478 e. The highest BCUT2D eigenvalue weighted by atomic mass is 16.4. The Labute approximate surface area is 125 Å². The van der Waals surface area contributed by atoms with E-state index in [1.165, 1.54) is 38.0 Å². The zero-order valence-corrected chi connectivity index (χ0v) is 12.5. The molecule has 4 nitrogen and oxygen atoms in total. The SMILES string of the molecule is C=CCCCC=CC.Cc1c(C(=O)O)cccc1C(=O)O. The number of hydrogen-bond donors (Lipinski definition) is 2. The van der Waals surface area contributed by atoms with Gasteiger partial charge in [0, 0.05) is 0 Å². The lowest BCUT2D eigenvalue weighted by atomic mass is 10.0. The highest BCUT2D eigenvalue weighted by Gasteiger charge is 2.13. The smallest absolute Gasteiger partial charge is 0.335 e. The number of carboxylic acid groups (broad SMARTS) is 2. The van der Waals surface area contributed by atoms with Crippen LogP contribution >= 0.6 is 0 Å². The molecule has 4 heteroatoms. The Morgan fingerprint density at radius 3 is 2.05 bits per heavy atom. The van der Waals surface area contributed by atoms with E-state index in [2.05, 4.69) is 18.7 Å². The molecule has 0 bridgehead atoms. The first-order valence-electron chi connectivity index (χ1n) is 6.73. The van der Waals surface area contributed by atoms with Gasteiger partial charge in [0.25, 0.3) is 0 Å². The van der Waals surface area contributed by atoms with Gasteiger partial charge >= 0.3 is 11.9 Å². The van der Waals surface area contributed by atoms with Crippen molar-refractivity contribution in [2.24, 2.45) is 0 Å². The van der Waals surface area contributed by atoms with Crippen LogP contribution in [0, 0.1) is 6.92 Å². The lowest BCUT2D eigenvalue weighted by molar-refractivity contribution is 0.0696. The second-order valence-corrected chi connectivity index (χ2v) is 4.38. The monoisotopic (exact) mass is 290 g/mol. The summed E-state index contributed by atoms with van der Waals surface area (Å²) in [6, 6.07) is 4.17. The number of allylic oxidation sites excluding steroid dienone is 3. The number of carboxylic acids is 2. The Morgan fingerprint density at radius 2 is 1.67 bits per heavy atom. The van der Waals surface area contributed by atoms with Gasteiger partial charge in [-0.2, -0.15) is 0 Å². The third-order valence-corrected chi connectivity index (χ3v) is 2.81. The Balaban J connectivity index is 0.000000433. The summed E-state index contributed by atoms with van der Waals surface area (Å²) in [5, 5.41) is 17.4. The van der Waals surface area contributed by atoms with Gasteiger partial charge in [-0.3, -0.25) is 0 Å². The molecule has 2 N–H and O–H groups in total. The van der Waals surface area contributed by atoms with Crippen molar-refractivity contribution in [1.82, 2.24) is 0 Å². The van der Waals surface area contributed by atoms with E-state index in [4.69, 9.17) is 10.2 Å². The van der Waals surface area contributed by atoms with Crippen LogP contribution in [0.15, 0.2) is 43.0 Å². The summed E-state index contributed by atoms with van der Waals surface area (Å²) in [6.45, 7) is 7.16. The first-order chi connectivity index (χ1) is 9.95. The van der Waals surface area contributed by atoms with Crippen LogP contribution in [0.5, 0.6) is 0 Å². The van der Waals surface area contributed by atoms with Gasteiger partial charge < -0.3 is 10.2 Å². The number of aromatic carboxylic acids is 2. The van der Waals surface area contributed by atoms with E-state index in [1.807, 2.05) is 13.0 Å². The van der Waals surface area contributed by atoms with Crippen LogP contribution in [0.4, 0.5) is 0 Å². The molecule has 0 aliphatic heterocycles. The molecular weight excluding hydrogens is 268 g/mol. The van der Waals surface area contributed by atoms with Crippen molar-refractivity contribution in [3.8, 4) is 0 Å². The average Bonchev–Trinajstić information content (AvgIpc) is 2.44. The number of hydrogen-bond acceptors (Lipinski definition) is 2. The average molecular weight is 290 g/mol. The van der Waals surface area contributed by atoms with Crippen molar-refractivity contribution in [1.29, 1.82) is 0 Å². The maximum absolute atomic E-state index is 10.6. The first-order valence-corrected chi connectivity index (χ1v) is 6.73. The molecule has 0 aliphatic carbocycles. The Kier molecular flexibility index (Phi) is 9.26. The number of carbonyl (C=O) groups is 2. The number of rotatable bonds is 6. The molecule has 1 rings (SSSR count). The summed E-state index contributed by atoms with van der Waals surface area (Å²) in [5.74, 6) is -2.22. The summed E-state index contributed by atoms with van der Waals surface area (Å²) in [7, 11) is 0. The fraction of sp³-hybridized carbons (Fsp3) is 0.294. The van der Waals surface area contributed by atoms with Gasteiger partial charge in [0.05, 0.1) is 11.1 Å². The fourth-order valence-electron chi connectivity index (χ4n) is 1.65. The number of unbranched alkanes of at least 4 members (excludes halogenated alkanes) is 2. The van der Waals surface area contributed by atoms with Crippen LogP contribution < -0.4 is 0 Å². The Bertz CT molecular complexity index is 483. The predicted molar refractivity (Wildman–Crippen MR) is 84.0 cm³/mol. The molecule has 0 saturated heterocycles. The minimum absolute atomic E-state index is 0.0277. The summed E-state index contributed by atoms with van der Waals surface area (Å²) in [5.41, 5.74) is 0.335. The second-order valence-electron chi connectivity index (χ2n) is 4.38. The zero-order chi connectivity index (χ0) is 16.3. The summed E-state index contributed by atoms with van der Waals surface area (Å²) in [6.07, 6.45) is 9.82. The van der Waals surface area contributed by atoms with Crippen LogP contribution in [0.1, 0.15) is 52.5 Å². The topological polar surface area (TPSA) is 74.6 Å². The zero-order valence-electron chi connectivity index (χ0n) is 12.5. The van der Waals surface area contributed by atoms with Gasteiger partial charge in [-0.25, -0.2) is 9.59 Å². The van der Waals surface area contributed by atoms with Crippen molar-refractivity contribution < 1.29 is 19.8 Å². The van der Waals surface area contributed by atoms with Crippen molar-refractivity contribution in [3.05, 3.63) is 59.7 Å². The van der Waals surface area contributed by atoms with Gasteiger partial charge in [-0.05, 0) is 50.8 Å². The van der Waals surface area contributed by atoms with Crippen LogP contribution in [0.3, 0.4) is 0 Å². The maximum Gasteiger partial charge on any atom is 0.335 e. The van der Waals surface area contributed by atoms with Crippen molar-refractivity contribution >= 4 is 11.9 Å². The van der Waals surface area contributed by atoms with E-state index < -0.39 is 11.9 Å². The normalized spacial score (nSPS) is 9.81. The molecule has 0 atom stereocenters. The van der Waals surface area contributed by atoms with Crippen LogP contribution in [-0.4, -0.2) is 22.2 Å². The van der Waals surface area contributed by atoms with E-state index in [1.54, 1.807) is 0 Å². The van der Waals surface area contributed by atoms with E-state index in [0.29, 0.717) is 0 Å². The lowest BCUT2D eigenvalue weighted by Gasteiger charge is -2.03. The fourth-order valence-corrected chi connectivity index (χ4v) is 1.65. The summed E-state index contributed by atoms with van der Waals surface area (Å²) < 4.78 is 0. The molecule has 0 aromatic heterocycles. The number of benzene rings is 1. The molecular formula is C17H22O4. The summed E-state index contributed by atoms with van der Waals surface area (Å²) >= 11 is 0. The first kappa shape index (κ1) is 18.6. The quantitative estimate of drug-likeness (QED) is 0.604. The molecule has 0 saturated carbocycles.